The SMILES string of the molecule is Cc1cc(I)cc(C)c1NC(=O)C(Cc1c[nH]c2ccccc12)NC(=O)C(c1ccccc1)c1ccccc1. The van der Waals surface area contributed by atoms with E-state index in [1.54, 1.807) is 0 Å². The molecule has 6 heteroatoms. The molecule has 0 saturated heterocycles. The molecular formula is C33H30IN3O2. The minimum absolute atomic E-state index is 0.219. The van der Waals surface area contributed by atoms with E-state index >= 15 is 0 Å². The Bertz CT molecular complexity index is 1550. The normalized spacial score (nSPS) is 11.9. The first-order valence-corrected chi connectivity index (χ1v) is 14.0. The first-order chi connectivity index (χ1) is 18.9. The van der Waals surface area contributed by atoms with Crippen LogP contribution in [0.1, 0.15) is 33.7 Å². The van der Waals surface area contributed by atoms with Crippen molar-refractivity contribution < 1.29 is 9.59 Å². The molecule has 0 spiro atoms. The Hall–Kier alpha value is -3.91. The van der Waals surface area contributed by atoms with E-state index in [2.05, 4.69) is 38.2 Å². The van der Waals surface area contributed by atoms with Gasteiger partial charge in [0.15, 0.2) is 0 Å². The first-order valence-electron chi connectivity index (χ1n) is 12.9. The van der Waals surface area contributed by atoms with Gasteiger partial charge in [-0.25, -0.2) is 0 Å². The zero-order chi connectivity index (χ0) is 27.4. The Morgan fingerprint density at radius 3 is 1.97 bits per heavy atom. The molecule has 39 heavy (non-hydrogen) atoms. The van der Waals surface area contributed by atoms with E-state index < -0.39 is 12.0 Å². The summed E-state index contributed by atoms with van der Waals surface area (Å²) in [5, 5.41) is 7.28. The van der Waals surface area contributed by atoms with Gasteiger partial charge in [-0.15, -0.1) is 0 Å². The topological polar surface area (TPSA) is 74.0 Å². The zero-order valence-corrected chi connectivity index (χ0v) is 24.0. The quantitative estimate of drug-likeness (QED) is 0.164. The van der Waals surface area contributed by atoms with Crippen LogP contribution in [0.2, 0.25) is 0 Å². The lowest BCUT2D eigenvalue weighted by atomic mass is 9.90. The van der Waals surface area contributed by atoms with Gasteiger partial charge in [0.05, 0.1) is 5.92 Å². The molecular weight excluding hydrogens is 597 g/mol. The van der Waals surface area contributed by atoms with Crippen LogP contribution < -0.4 is 10.6 Å². The number of aromatic nitrogens is 1. The van der Waals surface area contributed by atoms with E-state index in [4.69, 9.17) is 0 Å². The third-order valence-electron chi connectivity index (χ3n) is 7.01. The van der Waals surface area contributed by atoms with Crippen molar-refractivity contribution in [2.45, 2.75) is 32.2 Å². The van der Waals surface area contributed by atoms with E-state index in [9.17, 15) is 9.59 Å². The molecule has 5 aromatic rings. The molecule has 0 fully saturated rings. The van der Waals surface area contributed by atoms with Crippen molar-refractivity contribution in [3.05, 3.63) is 135 Å². The molecule has 196 valence electrons. The Labute approximate surface area is 242 Å². The Kier molecular flexibility index (Phi) is 8.12. The third-order valence-corrected chi connectivity index (χ3v) is 7.63. The number of aryl methyl sites for hydroxylation is 2. The van der Waals surface area contributed by atoms with Crippen molar-refractivity contribution >= 4 is 51.0 Å². The monoisotopic (exact) mass is 627 g/mol. The number of aromatic amines is 1. The fraction of sp³-hybridized carbons (Fsp3) is 0.152. The minimum Gasteiger partial charge on any atom is -0.361 e. The highest BCUT2D eigenvalue weighted by Crippen LogP contribution is 2.27. The lowest BCUT2D eigenvalue weighted by Gasteiger charge is -2.24. The van der Waals surface area contributed by atoms with Crippen LogP contribution in [0.15, 0.2) is 103 Å². The smallest absolute Gasteiger partial charge is 0.247 e. The molecule has 5 rings (SSSR count). The van der Waals surface area contributed by atoms with Crippen molar-refractivity contribution in [3.63, 3.8) is 0 Å². The van der Waals surface area contributed by atoms with Gasteiger partial charge in [0, 0.05) is 32.8 Å². The summed E-state index contributed by atoms with van der Waals surface area (Å²) in [4.78, 5) is 31.1. The van der Waals surface area contributed by atoms with E-state index in [-0.39, 0.29) is 11.8 Å². The van der Waals surface area contributed by atoms with E-state index in [0.717, 1.165) is 48.0 Å². The maximum Gasteiger partial charge on any atom is 0.247 e. The number of hydrogen-bond acceptors (Lipinski definition) is 2. The molecule has 1 unspecified atom stereocenters. The molecule has 0 aliphatic heterocycles. The van der Waals surface area contributed by atoms with Crippen LogP contribution in [-0.2, 0) is 16.0 Å². The van der Waals surface area contributed by atoms with Crippen molar-refractivity contribution in [3.8, 4) is 0 Å². The second-order valence-corrected chi connectivity index (χ2v) is 11.0. The van der Waals surface area contributed by atoms with Crippen LogP contribution in [-0.4, -0.2) is 22.8 Å². The van der Waals surface area contributed by atoms with Crippen molar-refractivity contribution in [1.82, 2.24) is 10.3 Å². The summed E-state index contributed by atoms with van der Waals surface area (Å²) in [5.74, 6) is -1.02. The van der Waals surface area contributed by atoms with Gasteiger partial charge in [-0.05, 0) is 82.5 Å². The molecule has 0 aliphatic rings. The van der Waals surface area contributed by atoms with Crippen molar-refractivity contribution in [1.29, 1.82) is 0 Å². The summed E-state index contributed by atoms with van der Waals surface area (Å²) in [7, 11) is 0. The van der Waals surface area contributed by atoms with Crippen LogP contribution in [0.4, 0.5) is 5.69 Å². The molecule has 0 saturated carbocycles. The standard InChI is InChI=1S/C33H30IN3O2/c1-21-17-26(34)18-22(2)31(21)37-32(38)29(19-25-20-35-28-16-10-9-15-27(25)28)36-33(39)30(23-11-5-3-6-12-23)24-13-7-4-8-14-24/h3-18,20,29-30,35H,19H2,1-2H3,(H,36,39)(H,37,38). The maximum absolute atomic E-state index is 14.0. The lowest BCUT2D eigenvalue weighted by molar-refractivity contribution is -0.126. The fourth-order valence-corrected chi connectivity index (χ4v) is 6.02. The second-order valence-electron chi connectivity index (χ2n) is 9.78. The number of amides is 2. The highest BCUT2D eigenvalue weighted by atomic mass is 127. The van der Waals surface area contributed by atoms with Gasteiger partial charge in [-0.3, -0.25) is 9.59 Å². The number of carbonyl (C=O) groups is 2. The fourth-order valence-electron chi connectivity index (χ4n) is 5.09. The Morgan fingerprint density at radius 2 is 1.36 bits per heavy atom. The highest BCUT2D eigenvalue weighted by Gasteiger charge is 2.29. The third kappa shape index (κ3) is 6.06. The predicted molar refractivity (Wildman–Crippen MR) is 166 cm³/mol. The molecule has 4 aromatic carbocycles. The largest absolute Gasteiger partial charge is 0.361 e. The highest BCUT2D eigenvalue weighted by molar-refractivity contribution is 14.1. The molecule has 1 atom stereocenters. The molecule has 5 nitrogen and oxygen atoms in total. The molecule has 2 amide bonds. The number of para-hydroxylation sites is 1. The number of hydrogen-bond donors (Lipinski definition) is 3. The van der Waals surface area contributed by atoms with E-state index in [1.807, 2.05) is 117 Å². The van der Waals surface area contributed by atoms with Gasteiger partial charge in [-0.1, -0.05) is 78.9 Å². The number of carbonyl (C=O) groups excluding carboxylic acids is 2. The van der Waals surface area contributed by atoms with Crippen LogP contribution in [0.3, 0.4) is 0 Å². The number of halogens is 1. The average Bonchev–Trinajstić information content (AvgIpc) is 3.34. The first kappa shape index (κ1) is 26.7. The summed E-state index contributed by atoms with van der Waals surface area (Å²) in [6, 6.07) is 30.6. The van der Waals surface area contributed by atoms with Crippen LogP contribution in [0, 0.1) is 17.4 Å². The van der Waals surface area contributed by atoms with Gasteiger partial charge in [0.2, 0.25) is 11.8 Å². The van der Waals surface area contributed by atoms with Crippen molar-refractivity contribution in [2.75, 3.05) is 5.32 Å². The van der Waals surface area contributed by atoms with Crippen molar-refractivity contribution in [2.24, 2.45) is 0 Å². The second kappa shape index (κ2) is 11.9. The van der Waals surface area contributed by atoms with E-state index in [0.29, 0.717) is 6.42 Å². The van der Waals surface area contributed by atoms with Gasteiger partial charge in [0.25, 0.3) is 0 Å². The summed E-state index contributed by atoms with van der Waals surface area (Å²) in [6.07, 6.45) is 2.27. The molecule has 3 N–H and O–H groups in total. The Balaban J connectivity index is 1.49. The molecule has 0 aliphatic carbocycles. The number of nitrogens with one attached hydrogen (secondary N) is 3. The van der Waals surface area contributed by atoms with Gasteiger partial charge < -0.3 is 15.6 Å². The van der Waals surface area contributed by atoms with Crippen LogP contribution in [0.5, 0.6) is 0 Å². The summed E-state index contributed by atoms with van der Waals surface area (Å²) in [6.45, 7) is 3.97. The molecule has 1 heterocycles. The number of benzene rings is 4. The lowest BCUT2D eigenvalue weighted by Crippen LogP contribution is -2.47. The molecule has 0 radical (unpaired) electrons. The Morgan fingerprint density at radius 1 is 0.795 bits per heavy atom. The predicted octanol–water partition coefficient (Wildman–Crippen LogP) is 6.89. The minimum atomic E-state index is -0.787. The number of rotatable bonds is 8. The average molecular weight is 628 g/mol. The van der Waals surface area contributed by atoms with Crippen LogP contribution >= 0.6 is 22.6 Å². The van der Waals surface area contributed by atoms with Gasteiger partial charge in [-0.2, -0.15) is 0 Å². The number of H-pyrrole nitrogens is 1. The molecule has 0 bridgehead atoms. The summed E-state index contributed by atoms with van der Waals surface area (Å²) >= 11 is 2.28. The van der Waals surface area contributed by atoms with Gasteiger partial charge >= 0.3 is 0 Å². The summed E-state index contributed by atoms with van der Waals surface area (Å²) in [5.41, 5.74) is 6.45. The van der Waals surface area contributed by atoms with Gasteiger partial charge in [0.1, 0.15) is 6.04 Å². The van der Waals surface area contributed by atoms with Crippen LogP contribution in [0.25, 0.3) is 10.9 Å². The number of anilines is 1. The van der Waals surface area contributed by atoms with E-state index in [1.165, 1.54) is 0 Å². The molecule has 1 aromatic heterocycles. The maximum atomic E-state index is 14.0. The summed E-state index contributed by atoms with van der Waals surface area (Å²) < 4.78 is 1.11. The zero-order valence-electron chi connectivity index (χ0n) is 21.9. The number of fused-ring (bicyclic) bond motifs is 1.